The first-order valence-corrected chi connectivity index (χ1v) is 9.58. The summed E-state index contributed by atoms with van der Waals surface area (Å²) in [7, 11) is 0. The van der Waals surface area contributed by atoms with E-state index in [0.29, 0.717) is 22.1 Å². The van der Waals surface area contributed by atoms with Gasteiger partial charge in [0.1, 0.15) is 12.2 Å². The molecule has 0 saturated carbocycles. The number of likely N-dealkylation sites (tertiary alicyclic amines) is 1. The summed E-state index contributed by atoms with van der Waals surface area (Å²) in [6.07, 6.45) is 3.01. The number of carbonyl (C=O) groups is 1. The van der Waals surface area contributed by atoms with Crippen LogP contribution in [0.15, 0.2) is 34.7 Å². The SMILES string of the molecule is CCC1(F)CN(C(=O)Cn2ccc3scc(-c4cnc(F)c(F)c4)c3c2=O)C1. The van der Waals surface area contributed by atoms with Crippen LogP contribution in [0.3, 0.4) is 0 Å². The molecular formula is C19H16F3N3O2S. The van der Waals surface area contributed by atoms with E-state index in [2.05, 4.69) is 4.98 Å². The van der Waals surface area contributed by atoms with Gasteiger partial charge in [0.05, 0.1) is 18.5 Å². The van der Waals surface area contributed by atoms with E-state index in [1.165, 1.54) is 27.0 Å². The number of alkyl halides is 1. The molecule has 5 nitrogen and oxygen atoms in total. The second-order valence-electron chi connectivity index (χ2n) is 6.89. The number of aromatic nitrogens is 2. The lowest BCUT2D eigenvalue weighted by Gasteiger charge is -2.44. The van der Waals surface area contributed by atoms with Crippen molar-refractivity contribution in [1.82, 2.24) is 14.5 Å². The third-order valence-corrected chi connectivity index (χ3v) is 6.00. The van der Waals surface area contributed by atoms with Gasteiger partial charge in [0.25, 0.3) is 5.56 Å². The zero-order chi connectivity index (χ0) is 20.1. The van der Waals surface area contributed by atoms with Crippen molar-refractivity contribution in [2.45, 2.75) is 25.6 Å². The van der Waals surface area contributed by atoms with Gasteiger partial charge in [0, 0.05) is 33.6 Å². The first-order valence-electron chi connectivity index (χ1n) is 8.70. The van der Waals surface area contributed by atoms with E-state index in [0.717, 1.165) is 12.3 Å². The maximum absolute atomic E-state index is 14.0. The van der Waals surface area contributed by atoms with E-state index in [1.54, 1.807) is 18.4 Å². The highest BCUT2D eigenvalue weighted by Gasteiger charge is 2.44. The van der Waals surface area contributed by atoms with Crippen molar-refractivity contribution in [3.8, 4) is 11.1 Å². The molecule has 1 aliphatic rings. The van der Waals surface area contributed by atoms with Gasteiger partial charge in [-0.1, -0.05) is 6.92 Å². The fourth-order valence-corrected chi connectivity index (χ4v) is 4.23. The Balaban J connectivity index is 1.66. The summed E-state index contributed by atoms with van der Waals surface area (Å²) in [5.41, 5.74) is -1.06. The molecule has 0 bridgehead atoms. The second kappa shape index (κ2) is 6.73. The molecule has 1 saturated heterocycles. The maximum atomic E-state index is 14.0. The Hall–Kier alpha value is -2.68. The van der Waals surface area contributed by atoms with Gasteiger partial charge in [-0.15, -0.1) is 11.3 Å². The molecule has 0 spiro atoms. The van der Waals surface area contributed by atoms with E-state index in [-0.39, 0.29) is 31.1 Å². The lowest BCUT2D eigenvalue weighted by molar-refractivity contribution is -0.146. The fourth-order valence-electron chi connectivity index (χ4n) is 3.27. The van der Waals surface area contributed by atoms with Crippen LogP contribution in [0.1, 0.15) is 13.3 Å². The van der Waals surface area contributed by atoms with E-state index < -0.39 is 23.0 Å². The maximum Gasteiger partial charge on any atom is 0.260 e. The molecule has 1 fully saturated rings. The Morgan fingerprint density at radius 2 is 2.11 bits per heavy atom. The molecule has 0 unspecified atom stereocenters. The summed E-state index contributed by atoms with van der Waals surface area (Å²) < 4.78 is 42.6. The third kappa shape index (κ3) is 3.09. The minimum atomic E-state index is -1.34. The highest BCUT2D eigenvalue weighted by atomic mass is 32.1. The number of hydrogen-bond donors (Lipinski definition) is 0. The van der Waals surface area contributed by atoms with Crippen molar-refractivity contribution in [3.05, 3.63) is 52.0 Å². The Kier molecular flexibility index (Phi) is 4.49. The summed E-state index contributed by atoms with van der Waals surface area (Å²) in [6, 6.07) is 2.67. The monoisotopic (exact) mass is 407 g/mol. The fraction of sp³-hybridized carbons (Fsp3) is 0.316. The molecule has 4 rings (SSSR count). The number of rotatable bonds is 4. The number of halogens is 3. The van der Waals surface area contributed by atoms with Crippen molar-refractivity contribution in [1.29, 1.82) is 0 Å². The average molecular weight is 407 g/mol. The second-order valence-corrected chi connectivity index (χ2v) is 7.80. The Labute approximate surface area is 162 Å². The molecule has 0 radical (unpaired) electrons. The first kappa shape index (κ1) is 18.7. The predicted molar refractivity (Wildman–Crippen MR) is 99.9 cm³/mol. The molecule has 3 aromatic rings. The third-order valence-electron chi connectivity index (χ3n) is 5.05. The van der Waals surface area contributed by atoms with E-state index >= 15 is 0 Å². The molecule has 146 valence electrons. The van der Waals surface area contributed by atoms with Crippen LogP contribution in [0.2, 0.25) is 0 Å². The number of nitrogens with zero attached hydrogens (tertiary/aromatic N) is 3. The standard InChI is InChI=1S/C19H16F3N3O2S/c1-2-19(22)9-25(10-19)15(26)7-24-4-3-14-16(18(24)27)12(8-28-14)11-5-13(20)17(21)23-6-11/h3-6,8H,2,7,9-10H2,1H3. The van der Waals surface area contributed by atoms with Gasteiger partial charge in [-0.2, -0.15) is 4.39 Å². The van der Waals surface area contributed by atoms with E-state index in [1.807, 2.05) is 0 Å². The Bertz CT molecular complexity index is 1140. The molecule has 1 amide bonds. The summed E-state index contributed by atoms with van der Waals surface area (Å²) in [6.45, 7) is 1.58. The Morgan fingerprint density at radius 3 is 2.79 bits per heavy atom. The van der Waals surface area contributed by atoms with Gasteiger partial charge >= 0.3 is 0 Å². The van der Waals surface area contributed by atoms with E-state index in [9.17, 15) is 22.8 Å². The topological polar surface area (TPSA) is 55.2 Å². The minimum Gasteiger partial charge on any atom is -0.335 e. The van der Waals surface area contributed by atoms with Crippen LogP contribution < -0.4 is 5.56 Å². The summed E-state index contributed by atoms with van der Waals surface area (Å²) >= 11 is 1.28. The molecule has 4 heterocycles. The van der Waals surface area contributed by atoms with Crippen LogP contribution in [-0.2, 0) is 11.3 Å². The molecule has 0 atom stereocenters. The van der Waals surface area contributed by atoms with Crippen molar-refractivity contribution >= 4 is 27.3 Å². The molecule has 9 heteroatoms. The van der Waals surface area contributed by atoms with Gasteiger partial charge in [-0.05, 0) is 18.6 Å². The van der Waals surface area contributed by atoms with Crippen LogP contribution in [0, 0.1) is 11.8 Å². The van der Waals surface area contributed by atoms with Gasteiger partial charge in [-0.3, -0.25) is 9.59 Å². The van der Waals surface area contributed by atoms with Crippen LogP contribution in [0.4, 0.5) is 13.2 Å². The van der Waals surface area contributed by atoms with Crippen LogP contribution in [0.25, 0.3) is 21.2 Å². The minimum absolute atomic E-state index is 0.0313. The summed E-state index contributed by atoms with van der Waals surface area (Å²) in [4.78, 5) is 30.0. The first-order chi connectivity index (χ1) is 13.3. The number of carbonyl (C=O) groups excluding carboxylic acids is 1. The number of hydrogen-bond acceptors (Lipinski definition) is 4. The number of thiophene rings is 1. The molecule has 0 aromatic carbocycles. The number of amides is 1. The van der Waals surface area contributed by atoms with Crippen LogP contribution in [0.5, 0.6) is 0 Å². The van der Waals surface area contributed by atoms with Gasteiger partial charge < -0.3 is 9.47 Å². The molecule has 28 heavy (non-hydrogen) atoms. The van der Waals surface area contributed by atoms with Crippen molar-refractivity contribution < 1.29 is 18.0 Å². The zero-order valence-corrected chi connectivity index (χ0v) is 15.7. The highest BCUT2D eigenvalue weighted by molar-refractivity contribution is 7.17. The lowest BCUT2D eigenvalue weighted by Crippen LogP contribution is -2.61. The quantitative estimate of drug-likeness (QED) is 0.624. The van der Waals surface area contributed by atoms with Gasteiger partial charge in [0.2, 0.25) is 11.9 Å². The van der Waals surface area contributed by atoms with Crippen LogP contribution >= 0.6 is 11.3 Å². The van der Waals surface area contributed by atoms with Crippen LogP contribution in [-0.4, -0.2) is 39.1 Å². The molecule has 0 N–H and O–H groups in total. The molecule has 0 aliphatic carbocycles. The average Bonchev–Trinajstić information content (AvgIpc) is 3.08. The molecule has 1 aliphatic heterocycles. The van der Waals surface area contributed by atoms with E-state index in [4.69, 9.17) is 0 Å². The van der Waals surface area contributed by atoms with Crippen molar-refractivity contribution in [2.75, 3.05) is 13.1 Å². The number of pyridine rings is 2. The largest absolute Gasteiger partial charge is 0.335 e. The predicted octanol–water partition coefficient (Wildman–Crippen LogP) is 3.36. The van der Waals surface area contributed by atoms with Gasteiger partial charge in [-0.25, -0.2) is 13.8 Å². The normalized spacial score (nSPS) is 15.6. The summed E-state index contributed by atoms with van der Waals surface area (Å²) in [5, 5.41) is 1.98. The lowest BCUT2D eigenvalue weighted by atomic mass is 9.93. The molecule has 3 aromatic heterocycles. The zero-order valence-electron chi connectivity index (χ0n) is 14.9. The van der Waals surface area contributed by atoms with Gasteiger partial charge in [0.15, 0.2) is 5.82 Å². The smallest absolute Gasteiger partial charge is 0.260 e. The van der Waals surface area contributed by atoms with Crippen molar-refractivity contribution in [3.63, 3.8) is 0 Å². The Morgan fingerprint density at radius 1 is 1.36 bits per heavy atom. The molecular weight excluding hydrogens is 391 g/mol. The van der Waals surface area contributed by atoms with Crippen molar-refractivity contribution in [2.24, 2.45) is 0 Å². The number of fused-ring (bicyclic) bond motifs is 1. The summed E-state index contributed by atoms with van der Waals surface area (Å²) in [5.74, 6) is -2.65. The highest BCUT2D eigenvalue weighted by Crippen LogP contribution is 2.32.